The standard InChI is InChI=1S/C15H16N4O2/c1-11(21-14-6-4-3-5-13(14)20-2)8-18-15-10-17-12(7-16)9-19-15/h3-6,9-11H,8H2,1-2H3,(H,18,19). The fourth-order valence-electron chi connectivity index (χ4n) is 1.70. The number of hydrogen-bond donors (Lipinski definition) is 1. The van der Waals surface area contributed by atoms with Crippen LogP contribution >= 0.6 is 0 Å². The second-order valence-electron chi connectivity index (χ2n) is 4.36. The van der Waals surface area contributed by atoms with Crippen molar-refractivity contribution >= 4 is 5.82 Å². The van der Waals surface area contributed by atoms with E-state index in [1.807, 2.05) is 37.3 Å². The van der Waals surface area contributed by atoms with Crippen LogP contribution in [0.4, 0.5) is 5.82 Å². The maximum Gasteiger partial charge on any atom is 0.161 e. The molecule has 2 rings (SSSR count). The third kappa shape index (κ3) is 4.08. The molecule has 0 aliphatic rings. The number of benzene rings is 1. The molecule has 6 nitrogen and oxygen atoms in total. The zero-order valence-corrected chi connectivity index (χ0v) is 11.9. The number of anilines is 1. The molecule has 1 unspecified atom stereocenters. The van der Waals surface area contributed by atoms with Crippen LogP contribution in [0.1, 0.15) is 12.6 Å². The van der Waals surface area contributed by atoms with E-state index in [1.165, 1.54) is 12.4 Å². The Morgan fingerprint density at radius 1 is 1.24 bits per heavy atom. The summed E-state index contributed by atoms with van der Waals surface area (Å²) in [5, 5.41) is 11.8. The van der Waals surface area contributed by atoms with Crippen LogP contribution in [0.5, 0.6) is 11.5 Å². The molecule has 0 spiro atoms. The highest BCUT2D eigenvalue weighted by Gasteiger charge is 2.08. The Bertz CT molecular complexity index is 622. The van der Waals surface area contributed by atoms with Crippen molar-refractivity contribution in [2.75, 3.05) is 19.0 Å². The fourth-order valence-corrected chi connectivity index (χ4v) is 1.70. The van der Waals surface area contributed by atoms with Gasteiger partial charge in [0, 0.05) is 0 Å². The summed E-state index contributed by atoms with van der Waals surface area (Å²) >= 11 is 0. The van der Waals surface area contributed by atoms with E-state index in [2.05, 4.69) is 15.3 Å². The second kappa shape index (κ2) is 7.10. The summed E-state index contributed by atoms with van der Waals surface area (Å²) in [6.07, 6.45) is 2.86. The molecule has 0 saturated carbocycles. The Labute approximate surface area is 123 Å². The van der Waals surface area contributed by atoms with E-state index in [-0.39, 0.29) is 6.10 Å². The first-order valence-corrected chi connectivity index (χ1v) is 6.48. The highest BCUT2D eigenvalue weighted by Crippen LogP contribution is 2.26. The number of nitriles is 1. The highest BCUT2D eigenvalue weighted by molar-refractivity contribution is 5.39. The Morgan fingerprint density at radius 3 is 2.62 bits per heavy atom. The predicted molar refractivity (Wildman–Crippen MR) is 78.3 cm³/mol. The summed E-state index contributed by atoms with van der Waals surface area (Å²) in [6.45, 7) is 2.50. The van der Waals surface area contributed by atoms with E-state index in [0.29, 0.717) is 29.6 Å². The molecule has 0 amide bonds. The van der Waals surface area contributed by atoms with Gasteiger partial charge in [0.25, 0.3) is 0 Å². The van der Waals surface area contributed by atoms with Crippen molar-refractivity contribution in [3.8, 4) is 17.6 Å². The van der Waals surface area contributed by atoms with Crippen molar-refractivity contribution in [2.45, 2.75) is 13.0 Å². The van der Waals surface area contributed by atoms with Crippen LogP contribution in [0.2, 0.25) is 0 Å². The smallest absolute Gasteiger partial charge is 0.161 e. The molecule has 0 saturated heterocycles. The van der Waals surface area contributed by atoms with Gasteiger partial charge in [-0.05, 0) is 19.1 Å². The topological polar surface area (TPSA) is 80.1 Å². The van der Waals surface area contributed by atoms with Crippen LogP contribution in [-0.2, 0) is 0 Å². The van der Waals surface area contributed by atoms with Crippen molar-refractivity contribution in [3.05, 3.63) is 42.4 Å². The van der Waals surface area contributed by atoms with Crippen LogP contribution in [0.3, 0.4) is 0 Å². The first-order chi connectivity index (χ1) is 10.2. The predicted octanol–water partition coefficient (Wildman–Crippen LogP) is 2.24. The van der Waals surface area contributed by atoms with Gasteiger partial charge in [-0.3, -0.25) is 0 Å². The van der Waals surface area contributed by atoms with Gasteiger partial charge in [-0.2, -0.15) is 5.26 Å². The van der Waals surface area contributed by atoms with Gasteiger partial charge < -0.3 is 14.8 Å². The number of methoxy groups -OCH3 is 1. The molecule has 1 aromatic heterocycles. The average Bonchev–Trinajstić information content (AvgIpc) is 2.54. The minimum atomic E-state index is -0.0845. The molecule has 1 N–H and O–H groups in total. The number of nitrogens with zero attached hydrogens (tertiary/aromatic N) is 3. The van der Waals surface area contributed by atoms with Crippen molar-refractivity contribution in [1.82, 2.24) is 9.97 Å². The number of ether oxygens (including phenoxy) is 2. The van der Waals surface area contributed by atoms with E-state index >= 15 is 0 Å². The van der Waals surface area contributed by atoms with Crippen LogP contribution in [0, 0.1) is 11.3 Å². The van der Waals surface area contributed by atoms with Gasteiger partial charge >= 0.3 is 0 Å². The Balaban J connectivity index is 1.89. The summed E-state index contributed by atoms with van der Waals surface area (Å²) in [5.74, 6) is 1.99. The van der Waals surface area contributed by atoms with Gasteiger partial charge in [-0.1, -0.05) is 12.1 Å². The van der Waals surface area contributed by atoms with Gasteiger partial charge in [-0.25, -0.2) is 9.97 Å². The monoisotopic (exact) mass is 284 g/mol. The molecule has 0 aliphatic carbocycles. The lowest BCUT2D eigenvalue weighted by molar-refractivity contribution is 0.223. The average molecular weight is 284 g/mol. The lowest BCUT2D eigenvalue weighted by Crippen LogP contribution is -2.23. The van der Waals surface area contributed by atoms with Crippen molar-refractivity contribution in [3.63, 3.8) is 0 Å². The minimum Gasteiger partial charge on any atom is -0.493 e. The van der Waals surface area contributed by atoms with Crippen LogP contribution < -0.4 is 14.8 Å². The fraction of sp³-hybridized carbons (Fsp3) is 0.267. The quantitative estimate of drug-likeness (QED) is 0.876. The Morgan fingerprint density at radius 2 is 2.00 bits per heavy atom. The molecular weight excluding hydrogens is 268 g/mol. The molecule has 2 aromatic rings. The van der Waals surface area contributed by atoms with Crippen molar-refractivity contribution in [2.24, 2.45) is 0 Å². The first kappa shape index (κ1) is 14.6. The maximum atomic E-state index is 8.66. The van der Waals surface area contributed by atoms with E-state index in [1.54, 1.807) is 7.11 Å². The number of rotatable bonds is 6. The molecule has 0 bridgehead atoms. The zero-order valence-electron chi connectivity index (χ0n) is 11.9. The summed E-state index contributed by atoms with van der Waals surface area (Å²) in [6, 6.07) is 9.41. The normalized spacial score (nSPS) is 11.3. The molecule has 0 fully saturated rings. The van der Waals surface area contributed by atoms with Crippen LogP contribution in [0.15, 0.2) is 36.7 Å². The summed E-state index contributed by atoms with van der Waals surface area (Å²) in [4.78, 5) is 8.03. The summed E-state index contributed by atoms with van der Waals surface area (Å²) in [7, 11) is 1.61. The molecule has 0 aliphatic heterocycles. The van der Waals surface area contributed by atoms with Gasteiger partial charge in [-0.15, -0.1) is 0 Å². The third-order valence-corrected chi connectivity index (χ3v) is 2.73. The summed E-state index contributed by atoms with van der Waals surface area (Å²) < 4.78 is 11.1. The van der Waals surface area contributed by atoms with Crippen molar-refractivity contribution < 1.29 is 9.47 Å². The second-order valence-corrected chi connectivity index (χ2v) is 4.36. The number of aromatic nitrogens is 2. The van der Waals surface area contributed by atoms with Gasteiger partial charge in [0.1, 0.15) is 18.0 Å². The molecule has 21 heavy (non-hydrogen) atoms. The first-order valence-electron chi connectivity index (χ1n) is 6.48. The van der Waals surface area contributed by atoms with Gasteiger partial charge in [0.2, 0.25) is 0 Å². The van der Waals surface area contributed by atoms with Gasteiger partial charge in [0.15, 0.2) is 17.2 Å². The van der Waals surface area contributed by atoms with E-state index in [4.69, 9.17) is 14.7 Å². The third-order valence-electron chi connectivity index (χ3n) is 2.73. The lowest BCUT2D eigenvalue weighted by atomic mass is 10.3. The SMILES string of the molecule is COc1ccccc1OC(C)CNc1cnc(C#N)cn1. The van der Waals surface area contributed by atoms with Crippen molar-refractivity contribution in [1.29, 1.82) is 5.26 Å². The molecule has 108 valence electrons. The van der Waals surface area contributed by atoms with Crippen LogP contribution in [-0.4, -0.2) is 29.7 Å². The highest BCUT2D eigenvalue weighted by atomic mass is 16.5. The maximum absolute atomic E-state index is 8.66. The van der Waals surface area contributed by atoms with E-state index < -0.39 is 0 Å². The Hall–Kier alpha value is -2.81. The van der Waals surface area contributed by atoms with Crippen LogP contribution in [0.25, 0.3) is 0 Å². The number of para-hydroxylation sites is 2. The Kier molecular flexibility index (Phi) is 4.94. The van der Waals surface area contributed by atoms with Gasteiger partial charge in [0.05, 0.1) is 26.0 Å². The van der Waals surface area contributed by atoms with E-state index in [0.717, 1.165) is 0 Å². The molecule has 0 radical (unpaired) electrons. The molecule has 1 aromatic carbocycles. The number of nitrogens with one attached hydrogen (secondary N) is 1. The lowest BCUT2D eigenvalue weighted by Gasteiger charge is -2.17. The minimum absolute atomic E-state index is 0.0845. The molecule has 1 atom stereocenters. The molecule has 6 heteroatoms. The molecule has 1 heterocycles. The van der Waals surface area contributed by atoms with E-state index in [9.17, 15) is 0 Å². The summed E-state index contributed by atoms with van der Waals surface area (Å²) in [5.41, 5.74) is 0.291. The zero-order chi connectivity index (χ0) is 15.1. The largest absolute Gasteiger partial charge is 0.493 e. The molecular formula is C15H16N4O2. The number of hydrogen-bond acceptors (Lipinski definition) is 6.